The van der Waals surface area contributed by atoms with Gasteiger partial charge in [-0.1, -0.05) is 30.0 Å². The zero-order chi connectivity index (χ0) is 24.8. The number of aliphatic hydroxyl groups is 1. The highest BCUT2D eigenvalue weighted by atomic mass is 16.5. The molecule has 1 aliphatic rings. The van der Waals surface area contributed by atoms with Crippen molar-refractivity contribution in [3.8, 4) is 11.8 Å². The Morgan fingerprint density at radius 2 is 1.94 bits per heavy atom. The van der Waals surface area contributed by atoms with Crippen molar-refractivity contribution in [1.29, 1.82) is 0 Å². The molecule has 1 fully saturated rings. The zero-order valence-electron chi connectivity index (χ0n) is 20.4. The van der Waals surface area contributed by atoms with Gasteiger partial charge in [0.15, 0.2) is 0 Å². The molecule has 0 unspecified atom stereocenters. The largest absolute Gasteiger partial charge is 0.378 e. The molecule has 2 aromatic heterocycles. The van der Waals surface area contributed by atoms with Gasteiger partial charge in [0.2, 0.25) is 5.91 Å². The summed E-state index contributed by atoms with van der Waals surface area (Å²) in [5, 5.41) is 14.0. The number of aromatic nitrogens is 3. The summed E-state index contributed by atoms with van der Waals surface area (Å²) in [6.45, 7) is 5.70. The Morgan fingerprint density at radius 1 is 1.14 bits per heavy atom. The molecule has 182 valence electrons. The number of benzene rings is 1. The molecule has 0 bridgehead atoms. The third kappa shape index (κ3) is 7.23. The summed E-state index contributed by atoms with van der Waals surface area (Å²) in [5.41, 5.74) is 2.64. The van der Waals surface area contributed by atoms with Gasteiger partial charge >= 0.3 is 0 Å². The molecule has 3 aromatic rings. The fourth-order valence-corrected chi connectivity index (χ4v) is 3.89. The van der Waals surface area contributed by atoms with E-state index < -0.39 is 5.60 Å². The number of amides is 1. The van der Waals surface area contributed by atoms with Crippen LogP contribution >= 0.6 is 0 Å². The van der Waals surface area contributed by atoms with Gasteiger partial charge in [-0.15, -0.1) is 0 Å². The highest BCUT2D eigenvalue weighted by Gasteiger charge is 2.30. The number of rotatable bonds is 6. The van der Waals surface area contributed by atoms with Gasteiger partial charge in [-0.25, -0.2) is 0 Å². The molecule has 1 atom stereocenters. The van der Waals surface area contributed by atoms with E-state index in [0.29, 0.717) is 26.2 Å². The number of hydrogen-bond donors (Lipinski definition) is 1. The summed E-state index contributed by atoms with van der Waals surface area (Å²) in [6.07, 6.45) is 6.90. The van der Waals surface area contributed by atoms with Gasteiger partial charge in [-0.3, -0.25) is 19.4 Å². The molecule has 0 saturated carbocycles. The summed E-state index contributed by atoms with van der Waals surface area (Å²) in [4.78, 5) is 21.3. The van der Waals surface area contributed by atoms with Crippen LogP contribution < -0.4 is 4.90 Å². The van der Waals surface area contributed by atoms with Crippen molar-refractivity contribution in [2.75, 3.05) is 24.5 Å². The number of carbonyl (C=O) groups excluding carboxylic acids is 1. The van der Waals surface area contributed by atoms with Crippen LogP contribution in [0.3, 0.4) is 0 Å². The fourth-order valence-electron chi connectivity index (χ4n) is 3.89. The van der Waals surface area contributed by atoms with Crippen LogP contribution in [0.4, 0.5) is 5.69 Å². The van der Waals surface area contributed by atoms with Crippen LogP contribution in [0.5, 0.6) is 0 Å². The van der Waals surface area contributed by atoms with E-state index in [-0.39, 0.29) is 18.6 Å². The third-order valence-electron chi connectivity index (χ3n) is 5.59. The van der Waals surface area contributed by atoms with Crippen molar-refractivity contribution >= 4 is 11.6 Å². The van der Waals surface area contributed by atoms with Crippen molar-refractivity contribution < 1.29 is 14.6 Å². The van der Waals surface area contributed by atoms with Gasteiger partial charge < -0.3 is 14.7 Å². The Morgan fingerprint density at radius 3 is 2.60 bits per heavy atom. The molecular formula is C27H31N5O3. The predicted molar refractivity (Wildman–Crippen MR) is 133 cm³/mol. The van der Waals surface area contributed by atoms with Crippen LogP contribution in [0, 0.1) is 11.8 Å². The van der Waals surface area contributed by atoms with E-state index in [9.17, 15) is 9.90 Å². The van der Waals surface area contributed by atoms with Gasteiger partial charge in [0.1, 0.15) is 5.60 Å². The van der Waals surface area contributed by atoms with E-state index >= 15 is 0 Å². The molecule has 35 heavy (non-hydrogen) atoms. The van der Waals surface area contributed by atoms with Crippen LogP contribution in [0.2, 0.25) is 0 Å². The van der Waals surface area contributed by atoms with Gasteiger partial charge in [-0.05, 0) is 43.2 Å². The van der Waals surface area contributed by atoms with Crippen molar-refractivity contribution in [3.05, 3.63) is 77.9 Å². The first-order valence-electron chi connectivity index (χ1n) is 11.6. The Labute approximate surface area is 206 Å². The van der Waals surface area contributed by atoms with Gasteiger partial charge in [0, 0.05) is 44.3 Å². The lowest BCUT2D eigenvalue weighted by Gasteiger charge is -2.24. The molecular weight excluding hydrogens is 442 g/mol. The van der Waals surface area contributed by atoms with Crippen LogP contribution in [0.25, 0.3) is 0 Å². The van der Waals surface area contributed by atoms with Crippen LogP contribution in [0.1, 0.15) is 30.5 Å². The van der Waals surface area contributed by atoms with E-state index in [1.54, 1.807) is 42.0 Å². The number of carbonyl (C=O) groups is 1. The molecule has 4 rings (SSSR count). The average Bonchev–Trinajstić information content (AvgIpc) is 3.19. The van der Waals surface area contributed by atoms with Gasteiger partial charge in [0.25, 0.3) is 0 Å². The maximum atomic E-state index is 13.2. The van der Waals surface area contributed by atoms with Crippen molar-refractivity contribution in [3.63, 3.8) is 0 Å². The maximum absolute atomic E-state index is 13.2. The quantitative estimate of drug-likeness (QED) is 0.554. The minimum Gasteiger partial charge on any atom is -0.378 e. The summed E-state index contributed by atoms with van der Waals surface area (Å²) in [6, 6.07) is 11.8. The molecule has 3 heterocycles. The first kappa shape index (κ1) is 24.6. The Balaban J connectivity index is 1.49. The smallest absolute Gasteiger partial charge is 0.241 e. The van der Waals surface area contributed by atoms with E-state index in [1.165, 1.54) is 0 Å². The molecule has 1 aromatic carbocycles. The van der Waals surface area contributed by atoms with Crippen molar-refractivity contribution in [1.82, 2.24) is 19.7 Å². The molecule has 0 radical (unpaired) electrons. The lowest BCUT2D eigenvalue weighted by molar-refractivity contribution is -0.119. The first-order chi connectivity index (χ1) is 16.7. The normalized spacial score (nSPS) is 17.1. The first-order valence-corrected chi connectivity index (χ1v) is 11.6. The number of pyridine rings is 1. The van der Waals surface area contributed by atoms with Gasteiger partial charge in [0.05, 0.1) is 37.7 Å². The highest BCUT2D eigenvalue weighted by Crippen LogP contribution is 2.20. The zero-order valence-corrected chi connectivity index (χ0v) is 20.4. The third-order valence-corrected chi connectivity index (χ3v) is 5.59. The summed E-state index contributed by atoms with van der Waals surface area (Å²) >= 11 is 0. The van der Waals surface area contributed by atoms with Crippen molar-refractivity contribution in [2.24, 2.45) is 7.05 Å². The fraction of sp³-hybridized carbons (Fsp3) is 0.370. The second-order valence-corrected chi connectivity index (χ2v) is 9.35. The highest BCUT2D eigenvalue weighted by molar-refractivity contribution is 5.94. The number of anilines is 1. The standard InChI is InChI=1S/C27H31N5O3/c1-27(2,34)11-10-21-6-8-22(9-7-21)15-31-17-25(35-20-23-5-4-12-28-13-23)18-32(26(33)19-31)24-14-29-30(3)16-24/h4-9,12-14,16,25,34H,15,17-20H2,1-3H3/t25-/m1/s1. The summed E-state index contributed by atoms with van der Waals surface area (Å²) < 4.78 is 7.96. The van der Waals surface area contributed by atoms with Gasteiger partial charge in [-0.2, -0.15) is 5.10 Å². The molecule has 1 aliphatic heterocycles. The average molecular weight is 474 g/mol. The van der Waals surface area contributed by atoms with Crippen LogP contribution in [-0.2, 0) is 29.7 Å². The SMILES string of the molecule is Cn1cc(N2C[C@H](OCc3cccnc3)CN(Cc3ccc(C#CC(C)(C)O)cc3)CC2=O)cn1. The molecule has 0 spiro atoms. The number of hydrogen-bond acceptors (Lipinski definition) is 6. The minimum absolute atomic E-state index is 0.0122. The summed E-state index contributed by atoms with van der Waals surface area (Å²) in [5.74, 6) is 5.83. The Kier molecular flexibility index (Phi) is 7.61. The van der Waals surface area contributed by atoms with E-state index in [4.69, 9.17) is 4.74 Å². The molecule has 8 nitrogen and oxygen atoms in total. The maximum Gasteiger partial charge on any atom is 0.241 e. The van der Waals surface area contributed by atoms with E-state index in [0.717, 1.165) is 22.4 Å². The minimum atomic E-state index is -1.03. The Hall–Kier alpha value is -3.51. The molecule has 8 heteroatoms. The lowest BCUT2D eigenvalue weighted by atomic mass is 10.1. The van der Waals surface area contributed by atoms with Crippen molar-refractivity contribution in [2.45, 2.75) is 38.7 Å². The molecule has 1 amide bonds. The predicted octanol–water partition coefficient (Wildman–Crippen LogP) is 2.37. The topological polar surface area (TPSA) is 83.7 Å². The second kappa shape index (κ2) is 10.8. The lowest BCUT2D eigenvalue weighted by Crippen LogP contribution is -2.37. The molecule has 0 aliphatic carbocycles. The van der Waals surface area contributed by atoms with Crippen LogP contribution in [0.15, 0.2) is 61.2 Å². The molecule has 1 saturated heterocycles. The number of ether oxygens (including phenoxy) is 1. The monoisotopic (exact) mass is 473 g/mol. The number of nitrogens with zero attached hydrogens (tertiary/aromatic N) is 5. The molecule has 1 N–H and O–H groups in total. The van der Waals surface area contributed by atoms with Crippen LogP contribution in [-0.4, -0.2) is 62.0 Å². The van der Waals surface area contributed by atoms with E-state index in [2.05, 4.69) is 26.8 Å². The van der Waals surface area contributed by atoms with E-state index in [1.807, 2.05) is 49.6 Å². The Bertz CT molecular complexity index is 1190. The second-order valence-electron chi connectivity index (χ2n) is 9.35. The number of aryl methyl sites for hydroxylation is 1. The summed E-state index contributed by atoms with van der Waals surface area (Å²) in [7, 11) is 1.84.